The van der Waals surface area contributed by atoms with Crippen molar-refractivity contribution < 1.29 is 22.7 Å². The number of carbonyl (C=O) groups excluding carboxylic acids is 2. The molecule has 148 valence electrons. The molecule has 0 spiro atoms. The number of amides is 1. The lowest BCUT2D eigenvalue weighted by Crippen LogP contribution is -2.40. The summed E-state index contributed by atoms with van der Waals surface area (Å²) in [4.78, 5) is 27.7. The van der Waals surface area contributed by atoms with E-state index in [0.717, 1.165) is 28.8 Å². The van der Waals surface area contributed by atoms with Crippen LogP contribution in [-0.2, 0) is 32.2 Å². The quantitative estimate of drug-likeness (QED) is 0.711. The molecule has 1 aromatic carbocycles. The van der Waals surface area contributed by atoms with E-state index < -0.39 is 15.8 Å². The minimum Gasteiger partial charge on any atom is -0.451 e. The number of aryl methyl sites for hydroxylation is 2. The fourth-order valence-electron chi connectivity index (χ4n) is 3.76. The molecule has 1 aromatic heterocycles. The van der Waals surface area contributed by atoms with E-state index in [-0.39, 0.29) is 30.1 Å². The molecule has 0 N–H and O–H groups in total. The average Bonchev–Trinajstić information content (AvgIpc) is 3.28. The molecule has 8 heteroatoms. The Morgan fingerprint density at radius 1 is 1.21 bits per heavy atom. The Morgan fingerprint density at radius 2 is 1.96 bits per heavy atom. The largest absolute Gasteiger partial charge is 0.451 e. The molecule has 2 heterocycles. The topological polar surface area (TPSA) is 80.8 Å². The summed E-state index contributed by atoms with van der Waals surface area (Å²) in [7, 11) is -1.52. The van der Waals surface area contributed by atoms with Crippen LogP contribution in [0.1, 0.15) is 27.2 Å². The molecule has 1 fully saturated rings. The monoisotopic (exact) mass is 419 g/mol. The number of hydrogen-bond donors (Lipinski definition) is 0. The lowest BCUT2D eigenvalue weighted by atomic mass is 9.91. The van der Waals surface area contributed by atoms with Crippen LogP contribution >= 0.6 is 11.3 Å². The minimum atomic E-state index is -3.07. The summed E-state index contributed by atoms with van der Waals surface area (Å²) in [6, 6.07) is 9.69. The first-order valence-corrected chi connectivity index (χ1v) is 11.8. The van der Waals surface area contributed by atoms with Crippen LogP contribution in [0.2, 0.25) is 0 Å². The highest BCUT2D eigenvalue weighted by Crippen LogP contribution is 2.39. The molecule has 4 rings (SSSR count). The average molecular weight is 420 g/mol. The van der Waals surface area contributed by atoms with Gasteiger partial charge in [-0.1, -0.05) is 24.3 Å². The fourth-order valence-corrected chi connectivity index (χ4v) is 6.70. The van der Waals surface area contributed by atoms with Crippen LogP contribution in [0.15, 0.2) is 30.3 Å². The van der Waals surface area contributed by atoms with E-state index in [1.807, 2.05) is 18.2 Å². The molecule has 28 heavy (non-hydrogen) atoms. The number of carbonyl (C=O) groups is 2. The van der Waals surface area contributed by atoms with Crippen molar-refractivity contribution in [2.45, 2.75) is 25.3 Å². The van der Waals surface area contributed by atoms with Gasteiger partial charge in [0.05, 0.1) is 11.5 Å². The summed E-state index contributed by atoms with van der Waals surface area (Å²) in [6.45, 7) is -0.384. The number of fused-ring (bicyclic) bond motifs is 3. The maximum Gasteiger partial charge on any atom is 0.348 e. The number of sulfone groups is 1. The third-order valence-electron chi connectivity index (χ3n) is 5.41. The highest BCUT2D eigenvalue weighted by Gasteiger charge is 2.33. The number of nitrogens with zero attached hydrogens (tertiary/aromatic N) is 1. The van der Waals surface area contributed by atoms with Gasteiger partial charge in [0.25, 0.3) is 5.91 Å². The predicted molar refractivity (Wildman–Crippen MR) is 107 cm³/mol. The van der Waals surface area contributed by atoms with Crippen molar-refractivity contribution in [1.82, 2.24) is 4.90 Å². The molecule has 1 aliphatic heterocycles. The summed E-state index contributed by atoms with van der Waals surface area (Å²) in [5.74, 6) is -0.836. The Hall–Kier alpha value is -2.19. The molecule has 2 aliphatic rings. The van der Waals surface area contributed by atoms with Gasteiger partial charge in [-0.25, -0.2) is 13.2 Å². The molecular weight excluding hydrogens is 398 g/mol. The van der Waals surface area contributed by atoms with E-state index in [9.17, 15) is 18.0 Å². The number of hydrogen-bond acceptors (Lipinski definition) is 6. The second-order valence-corrected chi connectivity index (χ2v) is 10.5. The van der Waals surface area contributed by atoms with Crippen molar-refractivity contribution in [3.8, 4) is 10.4 Å². The Morgan fingerprint density at radius 3 is 2.71 bits per heavy atom. The zero-order valence-corrected chi connectivity index (χ0v) is 17.1. The lowest BCUT2D eigenvalue weighted by Gasteiger charge is -2.23. The number of ether oxygens (including phenoxy) is 1. The van der Waals surface area contributed by atoms with E-state index in [0.29, 0.717) is 11.3 Å². The number of thiophene rings is 1. The molecule has 1 unspecified atom stereocenters. The predicted octanol–water partition coefficient (Wildman–Crippen LogP) is 2.32. The highest BCUT2D eigenvalue weighted by atomic mass is 32.2. The minimum absolute atomic E-state index is 0.0275. The summed E-state index contributed by atoms with van der Waals surface area (Å²) >= 11 is 1.39. The Bertz CT molecular complexity index is 1040. The van der Waals surface area contributed by atoms with Gasteiger partial charge in [-0.3, -0.25) is 4.79 Å². The number of rotatable bonds is 4. The van der Waals surface area contributed by atoms with E-state index in [2.05, 4.69) is 12.1 Å². The SMILES string of the molecule is CN(C(=O)COC(=O)c1cc2c(s1)-c1ccccc1CC2)C1CCS(=O)(=O)C1. The molecule has 2 aromatic rings. The molecule has 1 aliphatic carbocycles. The Labute approximate surface area is 168 Å². The first kappa shape index (κ1) is 19.1. The zero-order valence-electron chi connectivity index (χ0n) is 15.5. The second-order valence-electron chi connectivity index (χ2n) is 7.26. The van der Waals surface area contributed by atoms with Crippen LogP contribution in [-0.4, -0.2) is 56.4 Å². The standard InChI is InChI=1S/C20H21NO5S2/c1-21(15-8-9-28(24,25)12-15)18(22)11-26-20(23)17-10-14-7-6-13-4-2-3-5-16(13)19(14)27-17/h2-5,10,15H,6-9,11-12H2,1H3. The fraction of sp³-hybridized carbons (Fsp3) is 0.400. The normalized spacial score (nSPS) is 19.5. The van der Waals surface area contributed by atoms with Crippen molar-refractivity contribution in [2.24, 2.45) is 0 Å². The maximum absolute atomic E-state index is 12.4. The van der Waals surface area contributed by atoms with Crippen molar-refractivity contribution in [3.63, 3.8) is 0 Å². The third-order valence-corrected chi connectivity index (χ3v) is 8.35. The summed E-state index contributed by atoms with van der Waals surface area (Å²) in [5.41, 5.74) is 3.57. The molecule has 1 saturated heterocycles. The molecule has 0 saturated carbocycles. The molecule has 0 bridgehead atoms. The van der Waals surface area contributed by atoms with E-state index >= 15 is 0 Å². The lowest BCUT2D eigenvalue weighted by molar-refractivity contribution is -0.134. The smallest absolute Gasteiger partial charge is 0.348 e. The molecule has 1 atom stereocenters. The van der Waals surface area contributed by atoms with Crippen LogP contribution in [0.3, 0.4) is 0 Å². The Balaban J connectivity index is 1.40. The van der Waals surface area contributed by atoms with E-state index in [1.54, 1.807) is 7.05 Å². The van der Waals surface area contributed by atoms with Crippen molar-refractivity contribution in [1.29, 1.82) is 0 Å². The first-order chi connectivity index (χ1) is 13.3. The van der Waals surface area contributed by atoms with Gasteiger partial charge in [0.15, 0.2) is 16.4 Å². The van der Waals surface area contributed by atoms with Gasteiger partial charge in [-0.05, 0) is 42.0 Å². The maximum atomic E-state index is 12.4. The van der Waals surface area contributed by atoms with Crippen LogP contribution < -0.4 is 0 Å². The van der Waals surface area contributed by atoms with Gasteiger partial charge in [-0.15, -0.1) is 11.3 Å². The van der Waals surface area contributed by atoms with Gasteiger partial charge in [0.1, 0.15) is 4.88 Å². The van der Waals surface area contributed by atoms with Crippen LogP contribution in [0.5, 0.6) is 0 Å². The zero-order chi connectivity index (χ0) is 19.9. The van der Waals surface area contributed by atoms with Gasteiger partial charge in [0.2, 0.25) is 0 Å². The van der Waals surface area contributed by atoms with Gasteiger partial charge >= 0.3 is 5.97 Å². The van der Waals surface area contributed by atoms with Gasteiger partial charge in [0, 0.05) is 18.0 Å². The first-order valence-electron chi connectivity index (χ1n) is 9.18. The number of likely N-dealkylation sites (N-methyl/N-ethyl adjacent to an activating group) is 1. The van der Waals surface area contributed by atoms with E-state index in [4.69, 9.17) is 4.74 Å². The third kappa shape index (κ3) is 3.71. The summed E-state index contributed by atoms with van der Waals surface area (Å²) in [5, 5.41) is 0. The molecule has 0 radical (unpaired) electrons. The molecular formula is C20H21NO5S2. The van der Waals surface area contributed by atoms with Crippen molar-refractivity contribution in [2.75, 3.05) is 25.2 Å². The highest BCUT2D eigenvalue weighted by molar-refractivity contribution is 7.91. The summed E-state index contributed by atoms with van der Waals surface area (Å²) in [6.07, 6.45) is 2.26. The molecule has 6 nitrogen and oxygen atoms in total. The van der Waals surface area contributed by atoms with Crippen LogP contribution in [0.25, 0.3) is 10.4 Å². The Kier molecular flexibility index (Phi) is 5.01. The van der Waals surface area contributed by atoms with Crippen LogP contribution in [0.4, 0.5) is 0 Å². The number of benzene rings is 1. The molecule has 1 amide bonds. The van der Waals surface area contributed by atoms with E-state index in [1.165, 1.54) is 21.8 Å². The van der Waals surface area contributed by atoms with Crippen LogP contribution in [0, 0.1) is 0 Å². The van der Waals surface area contributed by atoms with Crippen molar-refractivity contribution >= 4 is 33.1 Å². The van der Waals surface area contributed by atoms with Gasteiger partial charge < -0.3 is 9.64 Å². The van der Waals surface area contributed by atoms with Crippen molar-refractivity contribution in [3.05, 3.63) is 46.3 Å². The van der Waals surface area contributed by atoms with Gasteiger partial charge in [-0.2, -0.15) is 0 Å². The summed E-state index contributed by atoms with van der Waals surface area (Å²) < 4.78 is 28.4. The second kappa shape index (κ2) is 7.33. The number of esters is 1.